The van der Waals surface area contributed by atoms with E-state index in [-0.39, 0.29) is 5.91 Å². The van der Waals surface area contributed by atoms with E-state index in [2.05, 4.69) is 16.6 Å². The molecule has 0 unspecified atom stereocenters. The first-order valence-electron chi connectivity index (χ1n) is 6.12. The lowest BCUT2D eigenvalue weighted by Gasteiger charge is -2.05. The molecule has 0 aliphatic carbocycles. The molecule has 1 aromatic heterocycles. The zero-order valence-corrected chi connectivity index (χ0v) is 12.2. The SMILES string of the molecule is CSCCCCCCNC(=O)c1ccnc(Cl)c1. The second-order valence-electron chi connectivity index (χ2n) is 4.03. The number of thioether (sulfide) groups is 1. The fourth-order valence-electron chi connectivity index (χ4n) is 1.57. The van der Waals surface area contributed by atoms with Crippen molar-refractivity contribution in [2.24, 2.45) is 0 Å². The lowest BCUT2D eigenvalue weighted by atomic mass is 10.2. The van der Waals surface area contributed by atoms with Gasteiger partial charge in [0.1, 0.15) is 5.15 Å². The van der Waals surface area contributed by atoms with Crippen molar-refractivity contribution in [3.8, 4) is 0 Å². The summed E-state index contributed by atoms with van der Waals surface area (Å²) in [7, 11) is 0. The maximum absolute atomic E-state index is 11.7. The van der Waals surface area contributed by atoms with E-state index in [0.29, 0.717) is 10.7 Å². The van der Waals surface area contributed by atoms with Gasteiger partial charge in [-0.1, -0.05) is 24.4 Å². The minimum absolute atomic E-state index is 0.0802. The topological polar surface area (TPSA) is 42.0 Å². The summed E-state index contributed by atoms with van der Waals surface area (Å²) in [5.41, 5.74) is 0.567. The summed E-state index contributed by atoms with van der Waals surface area (Å²) in [4.78, 5) is 15.6. The number of hydrogen-bond acceptors (Lipinski definition) is 3. The number of aromatic nitrogens is 1. The molecule has 1 rings (SSSR count). The quantitative estimate of drug-likeness (QED) is 0.588. The van der Waals surface area contributed by atoms with Crippen LogP contribution >= 0.6 is 23.4 Å². The first-order valence-corrected chi connectivity index (χ1v) is 7.90. The minimum atomic E-state index is -0.0802. The van der Waals surface area contributed by atoms with Gasteiger partial charge in [0.05, 0.1) is 0 Å². The van der Waals surface area contributed by atoms with E-state index in [1.807, 2.05) is 11.8 Å². The second-order valence-corrected chi connectivity index (χ2v) is 5.40. The van der Waals surface area contributed by atoms with Crippen LogP contribution in [0.2, 0.25) is 5.15 Å². The summed E-state index contributed by atoms with van der Waals surface area (Å²) >= 11 is 7.61. The molecular weight excluding hydrogens is 268 g/mol. The Labute approximate surface area is 118 Å². The highest BCUT2D eigenvalue weighted by molar-refractivity contribution is 7.98. The third kappa shape index (κ3) is 6.26. The highest BCUT2D eigenvalue weighted by Gasteiger charge is 2.04. The van der Waals surface area contributed by atoms with Gasteiger partial charge in [0.25, 0.3) is 5.91 Å². The molecule has 0 bridgehead atoms. The molecule has 1 heterocycles. The Hall–Kier alpha value is -0.740. The Kier molecular flexibility index (Phi) is 7.85. The summed E-state index contributed by atoms with van der Waals surface area (Å²) < 4.78 is 0. The molecule has 0 saturated carbocycles. The number of hydrogen-bond donors (Lipinski definition) is 1. The zero-order valence-electron chi connectivity index (χ0n) is 10.6. The fraction of sp³-hybridized carbons (Fsp3) is 0.538. The van der Waals surface area contributed by atoms with Crippen LogP contribution in [0.1, 0.15) is 36.0 Å². The standard InChI is InChI=1S/C13H19ClN2OS/c1-18-9-5-3-2-4-7-16-13(17)11-6-8-15-12(14)10-11/h6,8,10H,2-5,7,9H2,1H3,(H,16,17). The van der Waals surface area contributed by atoms with Gasteiger partial charge in [-0.05, 0) is 37.0 Å². The van der Waals surface area contributed by atoms with E-state index in [0.717, 1.165) is 19.4 Å². The second kappa shape index (κ2) is 9.22. The van der Waals surface area contributed by atoms with Crippen molar-refractivity contribution in [1.82, 2.24) is 10.3 Å². The summed E-state index contributed by atoms with van der Waals surface area (Å²) in [6.07, 6.45) is 8.35. The van der Waals surface area contributed by atoms with E-state index >= 15 is 0 Å². The highest BCUT2D eigenvalue weighted by Crippen LogP contribution is 2.07. The normalized spacial score (nSPS) is 10.3. The van der Waals surface area contributed by atoms with E-state index in [1.54, 1.807) is 18.3 Å². The van der Waals surface area contributed by atoms with E-state index in [4.69, 9.17) is 11.6 Å². The fourth-order valence-corrected chi connectivity index (χ4v) is 2.24. The predicted octanol–water partition coefficient (Wildman–Crippen LogP) is 3.39. The van der Waals surface area contributed by atoms with Crippen LogP contribution in [-0.4, -0.2) is 29.4 Å². The molecule has 1 aromatic rings. The number of nitrogens with zero attached hydrogens (tertiary/aromatic N) is 1. The van der Waals surface area contributed by atoms with Crippen molar-refractivity contribution < 1.29 is 4.79 Å². The zero-order chi connectivity index (χ0) is 13.2. The average Bonchev–Trinajstić information content (AvgIpc) is 2.37. The van der Waals surface area contributed by atoms with Gasteiger partial charge in [0.2, 0.25) is 0 Å². The Morgan fingerprint density at radius 3 is 2.89 bits per heavy atom. The molecule has 18 heavy (non-hydrogen) atoms. The number of halogens is 1. The molecule has 0 saturated heterocycles. The summed E-state index contributed by atoms with van der Waals surface area (Å²) in [5, 5.41) is 3.23. The van der Waals surface area contributed by atoms with E-state index in [1.165, 1.54) is 18.6 Å². The van der Waals surface area contributed by atoms with Gasteiger partial charge in [-0.15, -0.1) is 0 Å². The molecule has 0 aliphatic heterocycles. The smallest absolute Gasteiger partial charge is 0.251 e. The molecule has 5 heteroatoms. The Balaban J connectivity index is 2.14. The number of unbranched alkanes of at least 4 members (excludes halogenated alkanes) is 3. The van der Waals surface area contributed by atoms with Crippen LogP contribution in [0.5, 0.6) is 0 Å². The molecule has 0 aromatic carbocycles. The summed E-state index contributed by atoms with van der Waals surface area (Å²) in [6, 6.07) is 3.25. The number of carbonyl (C=O) groups is 1. The van der Waals surface area contributed by atoms with Crippen LogP contribution in [0.4, 0.5) is 0 Å². The van der Waals surface area contributed by atoms with Crippen molar-refractivity contribution in [2.75, 3.05) is 18.6 Å². The van der Waals surface area contributed by atoms with Crippen molar-refractivity contribution in [3.63, 3.8) is 0 Å². The van der Waals surface area contributed by atoms with Gasteiger partial charge in [0, 0.05) is 18.3 Å². The number of carbonyl (C=O) groups excluding carboxylic acids is 1. The molecule has 0 radical (unpaired) electrons. The average molecular weight is 287 g/mol. The van der Waals surface area contributed by atoms with Crippen LogP contribution in [0, 0.1) is 0 Å². The molecule has 0 fully saturated rings. The number of amides is 1. The Bertz CT molecular complexity index is 374. The van der Waals surface area contributed by atoms with Crippen LogP contribution in [-0.2, 0) is 0 Å². The van der Waals surface area contributed by atoms with Crippen molar-refractivity contribution >= 4 is 29.3 Å². The molecule has 0 atom stereocenters. The van der Waals surface area contributed by atoms with Crippen LogP contribution in [0.3, 0.4) is 0 Å². The molecule has 1 amide bonds. The minimum Gasteiger partial charge on any atom is -0.352 e. The molecule has 0 aliphatic rings. The van der Waals surface area contributed by atoms with Crippen molar-refractivity contribution in [2.45, 2.75) is 25.7 Å². The Morgan fingerprint density at radius 2 is 2.17 bits per heavy atom. The predicted molar refractivity (Wildman–Crippen MR) is 78.4 cm³/mol. The van der Waals surface area contributed by atoms with Crippen molar-refractivity contribution in [1.29, 1.82) is 0 Å². The van der Waals surface area contributed by atoms with Gasteiger partial charge >= 0.3 is 0 Å². The molecular formula is C13H19ClN2OS. The maximum atomic E-state index is 11.7. The van der Waals surface area contributed by atoms with E-state index in [9.17, 15) is 4.79 Å². The molecule has 3 nitrogen and oxygen atoms in total. The first-order chi connectivity index (χ1) is 8.74. The van der Waals surface area contributed by atoms with Crippen LogP contribution in [0.15, 0.2) is 18.3 Å². The van der Waals surface area contributed by atoms with Crippen LogP contribution in [0.25, 0.3) is 0 Å². The highest BCUT2D eigenvalue weighted by atomic mass is 35.5. The van der Waals surface area contributed by atoms with Gasteiger partial charge in [-0.25, -0.2) is 4.98 Å². The third-order valence-electron chi connectivity index (χ3n) is 2.55. The van der Waals surface area contributed by atoms with Gasteiger partial charge in [-0.2, -0.15) is 11.8 Å². The third-order valence-corrected chi connectivity index (χ3v) is 3.45. The number of rotatable bonds is 8. The maximum Gasteiger partial charge on any atom is 0.251 e. The molecule has 1 N–H and O–H groups in total. The number of nitrogens with one attached hydrogen (secondary N) is 1. The molecule has 100 valence electrons. The van der Waals surface area contributed by atoms with Crippen LogP contribution < -0.4 is 5.32 Å². The first kappa shape index (κ1) is 15.3. The van der Waals surface area contributed by atoms with Crippen molar-refractivity contribution in [3.05, 3.63) is 29.0 Å². The number of pyridine rings is 1. The van der Waals surface area contributed by atoms with E-state index < -0.39 is 0 Å². The Morgan fingerprint density at radius 1 is 1.39 bits per heavy atom. The summed E-state index contributed by atoms with van der Waals surface area (Å²) in [5.74, 6) is 1.14. The lowest BCUT2D eigenvalue weighted by Crippen LogP contribution is -2.24. The molecule has 0 spiro atoms. The largest absolute Gasteiger partial charge is 0.352 e. The van der Waals surface area contributed by atoms with Gasteiger partial charge < -0.3 is 5.32 Å². The summed E-state index contributed by atoms with van der Waals surface area (Å²) in [6.45, 7) is 0.720. The monoisotopic (exact) mass is 286 g/mol. The lowest BCUT2D eigenvalue weighted by molar-refractivity contribution is 0.0953. The van der Waals surface area contributed by atoms with Gasteiger partial charge in [-0.3, -0.25) is 4.79 Å². The van der Waals surface area contributed by atoms with Gasteiger partial charge in [0.15, 0.2) is 0 Å².